The normalized spacial score (nSPS) is 18.7. The van der Waals surface area contributed by atoms with E-state index in [0.29, 0.717) is 13.0 Å². The molecule has 2 atom stereocenters. The van der Waals surface area contributed by atoms with Crippen LogP contribution in [0.4, 0.5) is 20.4 Å². The van der Waals surface area contributed by atoms with E-state index in [-0.39, 0.29) is 47.9 Å². The summed E-state index contributed by atoms with van der Waals surface area (Å²) in [7, 11) is 0. The van der Waals surface area contributed by atoms with Crippen molar-refractivity contribution in [1.82, 2.24) is 19.2 Å². The van der Waals surface area contributed by atoms with E-state index in [1.807, 2.05) is 0 Å². The van der Waals surface area contributed by atoms with Gasteiger partial charge in [0.05, 0.1) is 12.6 Å². The topological polar surface area (TPSA) is 145 Å². The third-order valence-corrected chi connectivity index (χ3v) is 5.30. The summed E-state index contributed by atoms with van der Waals surface area (Å²) < 4.78 is 31.1. The average Bonchev–Trinajstić information content (AvgIpc) is 3.26. The van der Waals surface area contributed by atoms with Crippen molar-refractivity contribution in [2.24, 2.45) is 5.73 Å². The highest BCUT2D eigenvalue weighted by atomic mass is 19.1. The largest absolute Gasteiger partial charge is 0.477 e. The zero-order chi connectivity index (χ0) is 22.3. The molecule has 1 aliphatic rings. The molecular weight excluding hydrogens is 412 g/mol. The highest BCUT2D eigenvalue weighted by molar-refractivity contribution is 5.99. The summed E-state index contributed by atoms with van der Waals surface area (Å²) in [5.74, 6) is -1.89. The monoisotopic (exact) mass is 433 g/mol. The van der Waals surface area contributed by atoms with Crippen molar-refractivity contribution in [3.05, 3.63) is 51.8 Å². The first-order valence-electron chi connectivity index (χ1n) is 9.69. The van der Waals surface area contributed by atoms with Gasteiger partial charge < -0.3 is 26.0 Å². The number of hydrogen-bond donors (Lipinski definition) is 3. The Labute approximate surface area is 174 Å². The molecule has 1 fully saturated rings. The van der Waals surface area contributed by atoms with Gasteiger partial charge in [0, 0.05) is 30.9 Å². The Hall–Kier alpha value is -3.54. The third-order valence-electron chi connectivity index (χ3n) is 5.30. The number of carbonyl (C=O) groups is 1. The van der Waals surface area contributed by atoms with Gasteiger partial charge in [-0.15, -0.1) is 5.10 Å². The highest BCUT2D eigenvalue weighted by Crippen LogP contribution is 2.36. The summed E-state index contributed by atoms with van der Waals surface area (Å²) in [6.45, 7) is 0.497. The Morgan fingerprint density at radius 3 is 2.87 bits per heavy atom. The Balaban J connectivity index is 1.79. The summed E-state index contributed by atoms with van der Waals surface area (Å²) in [6, 6.07) is 1.85. The maximum Gasteiger partial charge on any atom is 0.343 e. The molecule has 0 bridgehead atoms. The molecule has 164 valence electrons. The number of alkyl halides is 1. The number of nitrogens with two attached hydrogens (primary N) is 2. The van der Waals surface area contributed by atoms with Crippen molar-refractivity contribution in [2.45, 2.75) is 31.6 Å². The molecule has 0 spiro atoms. The molecule has 4 heterocycles. The number of aromatic carboxylic acids is 1. The Morgan fingerprint density at radius 1 is 1.39 bits per heavy atom. The first kappa shape index (κ1) is 20.7. The average molecular weight is 433 g/mol. The van der Waals surface area contributed by atoms with Crippen molar-refractivity contribution < 1.29 is 18.7 Å². The van der Waals surface area contributed by atoms with Crippen LogP contribution in [0.3, 0.4) is 0 Å². The minimum Gasteiger partial charge on any atom is -0.477 e. The number of nitrogen functional groups attached to an aromatic ring is 1. The molecule has 3 aromatic rings. The number of pyridine rings is 1. The van der Waals surface area contributed by atoms with E-state index in [0.717, 1.165) is 12.3 Å². The van der Waals surface area contributed by atoms with Gasteiger partial charge in [-0.1, -0.05) is 0 Å². The summed E-state index contributed by atoms with van der Waals surface area (Å²) in [6.07, 6.45) is 1.73. The summed E-state index contributed by atoms with van der Waals surface area (Å²) in [4.78, 5) is 30.3. The number of aryl methyl sites for hydroxylation is 1. The van der Waals surface area contributed by atoms with Gasteiger partial charge in [0.1, 0.15) is 23.4 Å². The van der Waals surface area contributed by atoms with Crippen LogP contribution in [-0.2, 0) is 6.54 Å². The van der Waals surface area contributed by atoms with Crippen LogP contribution < -0.4 is 21.9 Å². The Morgan fingerprint density at radius 2 is 2.16 bits per heavy atom. The molecule has 1 aliphatic heterocycles. The van der Waals surface area contributed by atoms with E-state index in [1.54, 1.807) is 0 Å². The second kappa shape index (κ2) is 7.95. The minimum absolute atomic E-state index is 0.0110. The van der Waals surface area contributed by atoms with Crippen LogP contribution in [0.1, 0.15) is 34.8 Å². The number of anilines is 2. The molecule has 0 amide bonds. The smallest absolute Gasteiger partial charge is 0.343 e. The van der Waals surface area contributed by atoms with Gasteiger partial charge in [0.2, 0.25) is 0 Å². The van der Waals surface area contributed by atoms with Crippen LogP contribution in [0.25, 0.3) is 5.65 Å². The molecular formula is C19H21F2N7O3. The predicted octanol–water partition coefficient (Wildman–Crippen LogP) is 0.949. The number of aromatic nitrogens is 4. The highest BCUT2D eigenvalue weighted by Gasteiger charge is 2.36. The first-order chi connectivity index (χ1) is 14.8. The van der Waals surface area contributed by atoms with E-state index < -0.39 is 29.6 Å². The summed E-state index contributed by atoms with van der Waals surface area (Å²) in [5.41, 5.74) is 10.5. The van der Waals surface area contributed by atoms with Gasteiger partial charge in [-0.05, 0) is 25.1 Å². The van der Waals surface area contributed by atoms with Gasteiger partial charge >= 0.3 is 5.97 Å². The standard InChI is InChI=1S/C19H21F2N7O3/c20-10-6-12(18(29)26(8-10)4-1-3-22)13-7-11(21)9-27(13)14-2-5-28-17(24-14)15(19(30)31)16(23)25-28/h2,5-6,8,11,13H,1,3-4,7,9,22H2,(H2,23,25)(H,30,31)/t11-,13+/m0/s1. The number of rotatable bonds is 6. The zero-order valence-corrected chi connectivity index (χ0v) is 16.4. The fourth-order valence-electron chi connectivity index (χ4n) is 3.92. The molecule has 0 aliphatic carbocycles. The molecule has 3 aromatic heterocycles. The molecule has 0 unspecified atom stereocenters. The van der Waals surface area contributed by atoms with Crippen LogP contribution in [0, 0.1) is 5.82 Å². The molecule has 31 heavy (non-hydrogen) atoms. The molecule has 12 heteroatoms. The molecule has 1 saturated heterocycles. The van der Waals surface area contributed by atoms with E-state index in [2.05, 4.69) is 10.1 Å². The number of fused-ring (bicyclic) bond motifs is 1. The van der Waals surface area contributed by atoms with E-state index in [9.17, 15) is 23.5 Å². The van der Waals surface area contributed by atoms with Gasteiger partial charge in [-0.3, -0.25) is 4.79 Å². The molecule has 0 radical (unpaired) electrons. The second-order valence-corrected chi connectivity index (χ2v) is 7.37. The molecule has 0 saturated carbocycles. The summed E-state index contributed by atoms with van der Waals surface area (Å²) >= 11 is 0. The second-order valence-electron chi connectivity index (χ2n) is 7.37. The van der Waals surface area contributed by atoms with Crippen LogP contribution in [-0.4, -0.2) is 49.5 Å². The Kier molecular flexibility index (Phi) is 5.31. The zero-order valence-electron chi connectivity index (χ0n) is 16.4. The maximum absolute atomic E-state index is 14.4. The fourth-order valence-corrected chi connectivity index (χ4v) is 3.92. The van der Waals surface area contributed by atoms with Crippen molar-refractivity contribution in [3.8, 4) is 0 Å². The van der Waals surface area contributed by atoms with Gasteiger partial charge in [0.25, 0.3) is 5.56 Å². The van der Waals surface area contributed by atoms with E-state index in [4.69, 9.17) is 11.5 Å². The lowest BCUT2D eigenvalue weighted by Crippen LogP contribution is -2.32. The number of nitrogens with zero attached hydrogens (tertiary/aromatic N) is 5. The van der Waals surface area contributed by atoms with Crippen molar-refractivity contribution in [3.63, 3.8) is 0 Å². The fraction of sp³-hybridized carbons (Fsp3) is 0.368. The van der Waals surface area contributed by atoms with Crippen LogP contribution in [0.5, 0.6) is 0 Å². The molecule has 5 N–H and O–H groups in total. The van der Waals surface area contributed by atoms with Crippen LogP contribution in [0.15, 0.2) is 29.3 Å². The Bertz CT molecular complexity index is 1210. The minimum atomic E-state index is -1.30. The van der Waals surface area contributed by atoms with Crippen molar-refractivity contribution >= 4 is 23.3 Å². The first-order valence-corrected chi connectivity index (χ1v) is 9.69. The number of halogens is 2. The van der Waals surface area contributed by atoms with Gasteiger partial charge in [-0.2, -0.15) is 0 Å². The van der Waals surface area contributed by atoms with Gasteiger partial charge in [0.15, 0.2) is 11.5 Å². The lowest BCUT2D eigenvalue weighted by atomic mass is 10.1. The quantitative estimate of drug-likeness (QED) is 0.521. The predicted molar refractivity (Wildman–Crippen MR) is 108 cm³/mol. The lowest BCUT2D eigenvalue weighted by Gasteiger charge is -2.25. The summed E-state index contributed by atoms with van der Waals surface area (Å²) in [5, 5.41) is 13.3. The third kappa shape index (κ3) is 3.69. The lowest BCUT2D eigenvalue weighted by molar-refractivity contribution is 0.0700. The SMILES string of the molecule is NCCCn1cc(F)cc([C@H]2C[C@H](F)CN2c2ccn3nc(N)c(C(=O)O)c3n2)c1=O. The van der Waals surface area contributed by atoms with Crippen LogP contribution in [0.2, 0.25) is 0 Å². The van der Waals surface area contributed by atoms with Crippen molar-refractivity contribution in [2.75, 3.05) is 23.7 Å². The molecule has 0 aromatic carbocycles. The van der Waals surface area contributed by atoms with E-state index in [1.165, 1.54) is 26.2 Å². The molecule has 4 rings (SSSR count). The molecule has 10 nitrogen and oxygen atoms in total. The number of carboxylic acid groups (broad SMARTS) is 1. The number of carboxylic acids is 1. The van der Waals surface area contributed by atoms with E-state index >= 15 is 0 Å². The van der Waals surface area contributed by atoms with Crippen LogP contribution >= 0.6 is 0 Å². The maximum atomic E-state index is 14.4. The van der Waals surface area contributed by atoms with Gasteiger partial charge in [-0.25, -0.2) is 23.1 Å². The van der Waals surface area contributed by atoms with Crippen molar-refractivity contribution in [1.29, 1.82) is 0 Å². The number of hydrogen-bond acceptors (Lipinski definition) is 7.